The van der Waals surface area contributed by atoms with Crippen LogP contribution in [0, 0.1) is 5.82 Å². The molecule has 5 nitrogen and oxygen atoms in total. The molecule has 0 unspecified atom stereocenters. The summed E-state index contributed by atoms with van der Waals surface area (Å²) < 4.78 is 32.7. The lowest BCUT2D eigenvalue weighted by Gasteiger charge is -2.23. The summed E-state index contributed by atoms with van der Waals surface area (Å²) in [5.41, 5.74) is 5.78. The van der Waals surface area contributed by atoms with Crippen LogP contribution in [0.4, 0.5) is 13.6 Å². The van der Waals surface area contributed by atoms with Crippen molar-refractivity contribution in [3.05, 3.63) is 29.6 Å². The summed E-state index contributed by atoms with van der Waals surface area (Å²) in [7, 11) is 0. The minimum absolute atomic E-state index is 0.00884. The van der Waals surface area contributed by atoms with Gasteiger partial charge in [0.1, 0.15) is 17.7 Å². The Morgan fingerprint density at radius 2 is 2.23 bits per heavy atom. The summed E-state index contributed by atoms with van der Waals surface area (Å²) in [6.45, 7) is 0.746. The first-order valence-corrected chi connectivity index (χ1v) is 7.29. The van der Waals surface area contributed by atoms with Crippen molar-refractivity contribution in [1.82, 2.24) is 4.90 Å². The third-order valence-corrected chi connectivity index (χ3v) is 3.68. The number of amides is 1. The van der Waals surface area contributed by atoms with E-state index >= 15 is 0 Å². The van der Waals surface area contributed by atoms with E-state index in [0.717, 1.165) is 17.7 Å². The molecule has 1 aromatic rings. The van der Waals surface area contributed by atoms with Crippen LogP contribution in [0.1, 0.15) is 30.9 Å². The van der Waals surface area contributed by atoms with Gasteiger partial charge in [0.05, 0.1) is 19.2 Å². The van der Waals surface area contributed by atoms with E-state index in [1.807, 2.05) is 0 Å². The molecule has 1 aliphatic heterocycles. The van der Waals surface area contributed by atoms with Gasteiger partial charge in [-0.2, -0.15) is 0 Å². The fourth-order valence-corrected chi connectivity index (χ4v) is 2.63. The summed E-state index contributed by atoms with van der Waals surface area (Å²) in [5.74, 6) is -0.110. The van der Waals surface area contributed by atoms with Gasteiger partial charge in [-0.1, -0.05) is 0 Å². The van der Waals surface area contributed by atoms with Gasteiger partial charge in [0.2, 0.25) is 0 Å². The fourth-order valence-electron chi connectivity index (χ4n) is 2.63. The number of hydrogen-bond acceptors (Lipinski definition) is 3. The fraction of sp³-hybridized carbons (Fsp3) is 0.533. The molecule has 0 aromatic heterocycles. The van der Waals surface area contributed by atoms with Crippen molar-refractivity contribution in [3.63, 3.8) is 0 Å². The topological polar surface area (TPSA) is 75.8 Å². The van der Waals surface area contributed by atoms with Gasteiger partial charge in [0.15, 0.2) is 0 Å². The van der Waals surface area contributed by atoms with Crippen molar-refractivity contribution in [1.29, 1.82) is 0 Å². The molecular formula is C15H20F2N2O3. The Labute approximate surface area is 127 Å². The summed E-state index contributed by atoms with van der Waals surface area (Å²) in [5, 5.41) is 9.18. The lowest BCUT2D eigenvalue weighted by molar-refractivity contribution is 0.137. The number of alkyl halides is 1. The molecule has 0 aliphatic carbocycles. The minimum atomic E-state index is -1.26. The van der Waals surface area contributed by atoms with Crippen molar-refractivity contribution in [2.75, 3.05) is 19.7 Å². The van der Waals surface area contributed by atoms with Crippen molar-refractivity contribution in [2.24, 2.45) is 5.73 Å². The van der Waals surface area contributed by atoms with Crippen molar-refractivity contribution >= 4 is 6.09 Å². The quantitative estimate of drug-likeness (QED) is 0.792. The van der Waals surface area contributed by atoms with E-state index in [1.165, 1.54) is 18.2 Å². The van der Waals surface area contributed by atoms with Crippen molar-refractivity contribution in [3.8, 4) is 5.75 Å². The molecule has 7 heteroatoms. The van der Waals surface area contributed by atoms with E-state index in [0.29, 0.717) is 24.5 Å². The first kappa shape index (κ1) is 16.5. The Bertz CT molecular complexity index is 528. The van der Waals surface area contributed by atoms with Gasteiger partial charge in [0, 0.05) is 12.0 Å². The Hall–Kier alpha value is -1.89. The summed E-state index contributed by atoms with van der Waals surface area (Å²) in [6, 6.07) is 3.19. The number of ether oxygens (including phenoxy) is 1. The normalized spacial score (nSPS) is 21.1. The molecular weight excluding hydrogens is 294 g/mol. The average molecular weight is 314 g/mol. The van der Waals surface area contributed by atoms with Crippen LogP contribution < -0.4 is 10.5 Å². The Balaban J connectivity index is 2.20. The Morgan fingerprint density at radius 1 is 1.45 bits per heavy atom. The van der Waals surface area contributed by atoms with Crippen LogP contribution in [0.15, 0.2) is 18.2 Å². The largest absolute Gasteiger partial charge is 0.493 e. The molecule has 1 aliphatic rings. The van der Waals surface area contributed by atoms with Crippen LogP contribution in [0.5, 0.6) is 5.75 Å². The maximum atomic E-state index is 13.6. The van der Waals surface area contributed by atoms with Gasteiger partial charge in [-0.3, -0.25) is 4.90 Å². The molecule has 3 N–H and O–H groups in total. The third-order valence-electron chi connectivity index (χ3n) is 3.68. The van der Waals surface area contributed by atoms with E-state index in [9.17, 15) is 18.7 Å². The van der Waals surface area contributed by atoms with Gasteiger partial charge in [-0.25, -0.2) is 13.6 Å². The molecule has 2 rings (SSSR count). The highest BCUT2D eigenvalue weighted by Crippen LogP contribution is 2.38. The van der Waals surface area contributed by atoms with Crippen molar-refractivity contribution in [2.45, 2.75) is 31.5 Å². The highest BCUT2D eigenvalue weighted by atomic mass is 19.1. The predicted octanol–water partition coefficient (Wildman–Crippen LogP) is 2.71. The number of halogens is 2. The molecule has 1 aromatic carbocycles. The molecule has 1 fully saturated rings. The first-order chi connectivity index (χ1) is 10.5. The summed E-state index contributed by atoms with van der Waals surface area (Å²) >= 11 is 0. The molecule has 1 amide bonds. The van der Waals surface area contributed by atoms with E-state index in [1.54, 1.807) is 0 Å². The number of nitrogens with zero attached hydrogens (tertiary/aromatic N) is 1. The van der Waals surface area contributed by atoms with Crippen LogP contribution in [-0.4, -0.2) is 42.0 Å². The van der Waals surface area contributed by atoms with E-state index in [4.69, 9.17) is 10.5 Å². The SMILES string of the molecule is NCCCCOc1ccc(F)cc1[C@H]1C[C@H](F)CN1C(=O)O. The average Bonchev–Trinajstić information content (AvgIpc) is 2.87. The van der Waals surface area contributed by atoms with Crippen LogP contribution >= 0.6 is 0 Å². The number of carboxylic acid groups (broad SMARTS) is 1. The number of carbonyl (C=O) groups is 1. The molecule has 22 heavy (non-hydrogen) atoms. The highest BCUT2D eigenvalue weighted by molar-refractivity contribution is 5.66. The highest BCUT2D eigenvalue weighted by Gasteiger charge is 2.38. The zero-order valence-electron chi connectivity index (χ0n) is 12.2. The number of benzene rings is 1. The Morgan fingerprint density at radius 3 is 2.91 bits per heavy atom. The smallest absolute Gasteiger partial charge is 0.407 e. The van der Waals surface area contributed by atoms with Crippen LogP contribution in [-0.2, 0) is 0 Å². The molecule has 0 spiro atoms. The number of rotatable bonds is 6. The summed E-state index contributed by atoms with van der Waals surface area (Å²) in [4.78, 5) is 12.2. The van der Waals surface area contributed by atoms with Gasteiger partial charge >= 0.3 is 6.09 Å². The maximum Gasteiger partial charge on any atom is 0.407 e. The van der Waals surface area contributed by atoms with E-state index < -0.39 is 24.1 Å². The van der Waals surface area contributed by atoms with Crippen LogP contribution in [0.2, 0.25) is 0 Å². The summed E-state index contributed by atoms with van der Waals surface area (Å²) in [6.07, 6.45) is -0.923. The Kier molecular flexibility index (Phi) is 5.54. The van der Waals surface area contributed by atoms with Crippen LogP contribution in [0.25, 0.3) is 0 Å². The lowest BCUT2D eigenvalue weighted by atomic mass is 10.0. The van der Waals surface area contributed by atoms with E-state index in [-0.39, 0.29) is 13.0 Å². The molecule has 0 saturated carbocycles. The maximum absolute atomic E-state index is 13.6. The molecule has 0 radical (unpaired) electrons. The van der Waals surface area contributed by atoms with Crippen molar-refractivity contribution < 1.29 is 23.4 Å². The number of likely N-dealkylation sites (tertiary alicyclic amines) is 1. The molecule has 0 bridgehead atoms. The minimum Gasteiger partial charge on any atom is -0.493 e. The van der Waals surface area contributed by atoms with Gasteiger partial charge in [-0.15, -0.1) is 0 Å². The monoisotopic (exact) mass is 314 g/mol. The number of unbranched alkanes of at least 4 members (excludes halogenated alkanes) is 1. The van der Waals surface area contributed by atoms with Crippen LogP contribution in [0.3, 0.4) is 0 Å². The third kappa shape index (κ3) is 3.85. The standard InChI is InChI=1S/C15H20F2N2O3/c16-10-3-4-14(22-6-2-1-5-18)12(7-10)13-8-11(17)9-19(13)15(20)21/h3-4,7,11,13H,1-2,5-6,8-9,18H2,(H,20,21)/t11-,13+/m0/s1. The molecule has 2 atom stereocenters. The van der Waals surface area contributed by atoms with Gasteiger partial charge < -0.3 is 15.6 Å². The first-order valence-electron chi connectivity index (χ1n) is 7.29. The van der Waals surface area contributed by atoms with Gasteiger partial charge in [-0.05, 0) is 37.6 Å². The molecule has 122 valence electrons. The molecule has 1 saturated heterocycles. The zero-order valence-corrected chi connectivity index (χ0v) is 12.2. The number of hydrogen-bond donors (Lipinski definition) is 2. The second-order valence-electron chi connectivity index (χ2n) is 5.31. The molecule has 1 heterocycles. The van der Waals surface area contributed by atoms with E-state index in [2.05, 4.69) is 0 Å². The second kappa shape index (κ2) is 7.40. The van der Waals surface area contributed by atoms with Gasteiger partial charge in [0.25, 0.3) is 0 Å². The lowest BCUT2D eigenvalue weighted by Crippen LogP contribution is -2.30. The zero-order chi connectivity index (χ0) is 16.1. The number of nitrogens with two attached hydrogens (primary N) is 1. The second-order valence-corrected chi connectivity index (χ2v) is 5.31. The predicted molar refractivity (Wildman–Crippen MR) is 77.2 cm³/mol.